The molecule has 2 aliphatic carbocycles. The molecule has 3 fully saturated rings. The fraction of sp³-hybridized carbons (Fsp3) is 0.857. The Bertz CT molecular complexity index is 387. The van der Waals surface area contributed by atoms with E-state index in [4.69, 9.17) is 0 Å². The van der Waals surface area contributed by atoms with Crippen molar-refractivity contribution in [2.24, 2.45) is 16.8 Å². The van der Waals surface area contributed by atoms with Crippen molar-refractivity contribution in [2.75, 3.05) is 0 Å². The second-order valence-electron chi connectivity index (χ2n) is 6.47. The van der Waals surface area contributed by atoms with E-state index in [0.29, 0.717) is 17.9 Å². The van der Waals surface area contributed by atoms with Crippen LogP contribution in [0.1, 0.15) is 52.4 Å². The molecule has 2 N–H and O–H groups in total. The van der Waals surface area contributed by atoms with Gasteiger partial charge in [-0.05, 0) is 43.9 Å². The molecule has 0 radical (unpaired) electrons. The van der Waals surface area contributed by atoms with E-state index in [1.807, 2.05) is 0 Å². The number of nitrogens with zero attached hydrogens (tertiary/aromatic N) is 1. The summed E-state index contributed by atoms with van der Waals surface area (Å²) in [5.74, 6) is 2.18. The van der Waals surface area contributed by atoms with Crippen molar-refractivity contribution in [3.05, 3.63) is 0 Å². The lowest BCUT2D eigenvalue weighted by Crippen LogP contribution is -2.51. The van der Waals surface area contributed by atoms with E-state index in [2.05, 4.69) is 29.5 Å². The van der Waals surface area contributed by atoms with Gasteiger partial charge in [-0.3, -0.25) is 10.1 Å². The molecule has 1 saturated heterocycles. The normalized spacial score (nSPS) is 38.3. The first-order chi connectivity index (χ1) is 8.59. The van der Waals surface area contributed by atoms with Crippen LogP contribution >= 0.6 is 0 Å². The minimum absolute atomic E-state index is 0.146. The molecule has 100 valence electrons. The monoisotopic (exact) mass is 249 g/mol. The summed E-state index contributed by atoms with van der Waals surface area (Å²) in [6, 6.07) is 0.451. The van der Waals surface area contributed by atoms with E-state index in [9.17, 15) is 4.79 Å². The Balaban J connectivity index is 1.75. The number of hydrogen-bond acceptors (Lipinski definition) is 2. The zero-order valence-corrected chi connectivity index (χ0v) is 11.3. The zero-order valence-electron chi connectivity index (χ0n) is 11.3. The minimum Gasteiger partial charge on any atom is -0.342 e. The molecule has 3 aliphatic rings. The third-order valence-electron chi connectivity index (χ3n) is 4.61. The van der Waals surface area contributed by atoms with E-state index < -0.39 is 0 Å². The molecule has 2 unspecified atom stereocenters. The summed E-state index contributed by atoms with van der Waals surface area (Å²) in [6.45, 7) is 4.52. The summed E-state index contributed by atoms with van der Waals surface area (Å²) in [5, 5.41) is 6.35. The lowest BCUT2D eigenvalue weighted by molar-refractivity contribution is -0.125. The minimum atomic E-state index is -0.360. The maximum Gasteiger partial charge on any atom is 0.252 e. The van der Waals surface area contributed by atoms with Crippen molar-refractivity contribution < 1.29 is 4.79 Å². The van der Waals surface area contributed by atoms with E-state index in [1.54, 1.807) is 0 Å². The lowest BCUT2D eigenvalue weighted by Gasteiger charge is -2.37. The SMILES string of the molecule is CC(C)C1CCCC2(C1)NC(=NC1CC1)NC2=O. The van der Waals surface area contributed by atoms with Gasteiger partial charge < -0.3 is 5.32 Å². The van der Waals surface area contributed by atoms with E-state index in [-0.39, 0.29) is 11.4 Å². The average Bonchev–Trinajstić information content (AvgIpc) is 3.07. The van der Waals surface area contributed by atoms with Crippen molar-refractivity contribution >= 4 is 11.9 Å². The number of nitrogens with one attached hydrogen (secondary N) is 2. The summed E-state index contributed by atoms with van der Waals surface area (Å²) in [6.07, 6.45) is 6.64. The maximum absolute atomic E-state index is 12.3. The molecule has 2 saturated carbocycles. The number of carbonyl (C=O) groups excluding carboxylic acids is 1. The molecular weight excluding hydrogens is 226 g/mol. The molecule has 0 aromatic carbocycles. The summed E-state index contributed by atoms with van der Waals surface area (Å²) in [7, 11) is 0. The molecule has 4 nitrogen and oxygen atoms in total. The highest BCUT2D eigenvalue weighted by molar-refractivity contribution is 6.09. The highest BCUT2D eigenvalue weighted by atomic mass is 16.2. The number of amides is 1. The van der Waals surface area contributed by atoms with Gasteiger partial charge in [0.05, 0.1) is 6.04 Å². The van der Waals surface area contributed by atoms with Gasteiger partial charge in [-0.25, -0.2) is 4.99 Å². The van der Waals surface area contributed by atoms with Crippen molar-refractivity contribution in [1.82, 2.24) is 10.6 Å². The molecule has 0 aromatic rings. The lowest BCUT2D eigenvalue weighted by atomic mass is 9.72. The van der Waals surface area contributed by atoms with Gasteiger partial charge >= 0.3 is 0 Å². The standard InChI is InChI=1S/C14H23N3O/c1-9(2)10-4-3-7-14(8-10)12(18)16-13(17-14)15-11-5-6-11/h9-11H,3-8H2,1-2H3,(H2,15,16,17,18). The van der Waals surface area contributed by atoms with Crippen LogP contribution in [-0.4, -0.2) is 23.4 Å². The van der Waals surface area contributed by atoms with Gasteiger partial charge in [0.25, 0.3) is 5.91 Å². The number of carbonyl (C=O) groups is 1. The molecule has 1 spiro atoms. The van der Waals surface area contributed by atoms with Crippen molar-refractivity contribution in [2.45, 2.75) is 64.0 Å². The quantitative estimate of drug-likeness (QED) is 0.784. The third-order valence-corrected chi connectivity index (χ3v) is 4.61. The summed E-state index contributed by atoms with van der Waals surface area (Å²) < 4.78 is 0. The molecule has 18 heavy (non-hydrogen) atoms. The zero-order chi connectivity index (χ0) is 12.8. The van der Waals surface area contributed by atoms with Crippen molar-refractivity contribution in [3.63, 3.8) is 0 Å². The second-order valence-corrected chi connectivity index (χ2v) is 6.47. The van der Waals surface area contributed by atoms with Gasteiger partial charge in [-0.2, -0.15) is 0 Å². The fourth-order valence-corrected chi connectivity index (χ4v) is 3.20. The number of hydrogen-bond donors (Lipinski definition) is 2. The second kappa shape index (κ2) is 4.25. The largest absolute Gasteiger partial charge is 0.342 e. The van der Waals surface area contributed by atoms with Crippen molar-refractivity contribution in [3.8, 4) is 0 Å². The fourth-order valence-electron chi connectivity index (χ4n) is 3.20. The smallest absolute Gasteiger partial charge is 0.252 e. The van der Waals surface area contributed by atoms with Crippen LogP contribution in [0.4, 0.5) is 0 Å². The van der Waals surface area contributed by atoms with Crippen LogP contribution in [0.3, 0.4) is 0 Å². The van der Waals surface area contributed by atoms with Crippen LogP contribution in [0.5, 0.6) is 0 Å². The molecule has 2 atom stereocenters. The Morgan fingerprint density at radius 3 is 2.78 bits per heavy atom. The third kappa shape index (κ3) is 2.13. The summed E-state index contributed by atoms with van der Waals surface area (Å²) in [5.41, 5.74) is -0.360. The average molecular weight is 249 g/mol. The van der Waals surface area contributed by atoms with Gasteiger partial charge in [0.1, 0.15) is 5.54 Å². The van der Waals surface area contributed by atoms with Gasteiger partial charge in [0, 0.05) is 0 Å². The maximum atomic E-state index is 12.3. The van der Waals surface area contributed by atoms with Crippen LogP contribution in [0.25, 0.3) is 0 Å². The molecule has 0 aromatic heterocycles. The first-order valence-corrected chi connectivity index (χ1v) is 7.26. The van der Waals surface area contributed by atoms with E-state index in [0.717, 1.165) is 25.2 Å². The van der Waals surface area contributed by atoms with Crippen molar-refractivity contribution in [1.29, 1.82) is 0 Å². The predicted molar refractivity (Wildman–Crippen MR) is 71.3 cm³/mol. The van der Waals surface area contributed by atoms with Gasteiger partial charge in [0.15, 0.2) is 5.96 Å². The highest BCUT2D eigenvalue weighted by Gasteiger charge is 2.48. The molecule has 3 rings (SSSR count). The Labute approximate surface area is 109 Å². The topological polar surface area (TPSA) is 53.5 Å². The Hall–Kier alpha value is -1.06. The number of guanidine groups is 1. The van der Waals surface area contributed by atoms with Gasteiger partial charge in [-0.1, -0.05) is 20.3 Å². The molecular formula is C14H23N3O. The van der Waals surface area contributed by atoms with E-state index >= 15 is 0 Å². The Morgan fingerprint density at radius 1 is 1.33 bits per heavy atom. The van der Waals surface area contributed by atoms with Crippen LogP contribution in [-0.2, 0) is 4.79 Å². The Kier molecular flexibility index (Phi) is 2.83. The van der Waals surface area contributed by atoms with E-state index in [1.165, 1.54) is 19.3 Å². The van der Waals surface area contributed by atoms with Gasteiger partial charge in [-0.15, -0.1) is 0 Å². The molecule has 1 amide bonds. The summed E-state index contributed by atoms with van der Waals surface area (Å²) >= 11 is 0. The predicted octanol–water partition coefficient (Wildman–Crippen LogP) is 1.81. The number of rotatable bonds is 2. The molecule has 1 aliphatic heterocycles. The first kappa shape index (κ1) is 12.0. The number of aliphatic imine (C=N–C) groups is 1. The molecule has 1 heterocycles. The van der Waals surface area contributed by atoms with Gasteiger partial charge in [0.2, 0.25) is 0 Å². The van der Waals surface area contributed by atoms with Crippen LogP contribution in [0.15, 0.2) is 4.99 Å². The Morgan fingerprint density at radius 2 is 2.11 bits per heavy atom. The van der Waals surface area contributed by atoms with Crippen LogP contribution in [0, 0.1) is 11.8 Å². The molecule has 0 bridgehead atoms. The first-order valence-electron chi connectivity index (χ1n) is 7.26. The highest BCUT2D eigenvalue weighted by Crippen LogP contribution is 2.38. The summed E-state index contributed by atoms with van der Waals surface area (Å²) in [4.78, 5) is 16.8. The van der Waals surface area contributed by atoms with Crippen LogP contribution < -0.4 is 10.6 Å². The molecule has 4 heteroatoms. The van der Waals surface area contributed by atoms with Crippen LogP contribution in [0.2, 0.25) is 0 Å².